The average molecular weight is 496 g/mol. The zero-order chi connectivity index (χ0) is 22.6. The van der Waals surface area contributed by atoms with Gasteiger partial charge in [-0.25, -0.2) is 0 Å². The molecule has 4 aromatic carbocycles. The van der Waals surface area contributed by atoms with Crippen LogP contribution in [0, 0.1) is 0 Å². The molecule has 1 atom stereocenters. The summed E-state index contributed by atoms with van der Waals surface area (Å²) in [6, 6.07) is 36.2. The van der Waals surface area contributed by atoms with Gasteiger partial charge in [0.1, 0.15) is 0 Å². The van der Waals surface area contributed by atoms with Crippen molar-refractivity contribution in [3.05, 3.63) is 130 Å². The van der Waals surface area contributed by atoms with Gasteiger partial charge < -0.3 is 5.32 Å². The molecule has 1 heterocycles. The molecule has 5 heteroatoms. The van der Waals surface area contributed by atoms with Crippen molar-refractivity contribution in [2.75, 3.05) is 10.3 Å². The molecule has 4 nitrogen and oxygen atoms in total. The van der Waals surface area contributed by atoms with Crippen LogP contribution in [0.5, 0.6) is 0 Å². The number of carbonyl (C=O) groups excluding carboxylic acids is 1. The van der Waals surface area contributed by atoms with Crippen LogP contribution in [0.2, 0.25) is 0 Å². The van der Waals surface area contributed by atoms with E-state index in [0.717, 1.165) is 33.5 Å². The molecule has 0 radical (unpaired) electrons. The number of para-hydroxylation sites is 1. The van der Waals surface area contributed by atoms with E-state index in [-0.39, 0.29) is 11.9 Å². The largest absolute Gasteiger partial charge is 0.322 e. The molecule has 1 N–H and O–H groups in total. The Morgan fingerprint density at radius 2 is 1.45 bits per heavy atom. The number of nitrogens with zero attached hydrogens (tertiary/aromatic N) is 2. The molecule has 1 aliphatic heterocycles. The molecule has 0 fully saturated rings. The van der Waals surface area contributed by atoms with E-state index in [4.69, 9.17) is 5.10 Å². The molecular weight excluding hydrogens is 474 g/mol. The maximum atomic E-state index is 12.6. The first kappa shape index (κ1) is 21.2. The van der Waals surface area contributed by atoms with E-state index in [2.05, 4.69) is 62.7 Å². The Labute approximate surface area is 201 Å². The summed E-state index contributed by atoms with van der Waals surface area (Å²) in [5.74, 6) is -0.146. The first-order valence-corrected chi connectivity index (χ1v) is 11.6. The Kier molecular flexibility index (Phi) is 6.05. The van der Waals surface area contributed by atoms with Crippen molar-refractivity contribution in [3.8, 4) is 0 Å². The minimum Gasteiger partial charge on any atom is -0.322 e. The lowest BCUT2D eigenvalue weighted by Crippen LogP contribution is -2.18. The number of nitrogens with one attached hydrogen (secondary N) is 1. The summed E-state index contributed by atoms with van der Waals surface area (Å²) in [7, 11) is 0. The molecule has 0 aliphatic carbocycles. The van der Waals surface area contributed by atoms with Crippen LogP contribution >= 0.6 is 15.9 Å². The first-order chi connectivity index (χ1) is 16.2. The molecule has 1 amide bonds. The van der Waals surface area contributed by atoms with Crippen LogP contribution < -0.4 is 10.3 Å². The summed E-state index contributed by atoms with van der Waals surface area (Å²) >= 11 is 3.43. The SMILES string of the molecule is O=C(Nc1ccc(C2=NN(c3ccccc3)[C@H](c3ccccc3)C2)cc1)c1ccccc1Br. The van der Waals surface area contributed by atoms with E-state index in [1.54, 1.807) is 6.07 Å². The maximum Gasteiger partial charge on any atom is 0.256 e. The zero-order valence-corrected chi connectivity index (χ0v) is 19.4. The van der Waals surface area contributed by atoms with Gasteiger partial charge in [0.15, 0.2) is 0 Å². The van der Waals surface area contributed by atoms with Crippen molar-refractivity contribution in [1.29, 1.82) is 0 Å². The Balaban J connectivity index is 1.38. The quantitative estimate of drug-likeness (QED) is 0.322. The maximum absolute atomic E-state index is 12.6. The zero-order valence-electron chi connectivity index (χ0n) is 17.9. The molecule has 162 valence electrons. The van der Waals surface area contributed by atoms with Gasteiger partial charge in [-0.3, -0.25) is 9.80 Å². The fraction of sp³-hybridized carbons (Fsp3) is 0.0714. The monoisotopic (exact) mass is 495 g/mol. The fourth-order valence-corrected chi connectivity index (χ4v) is 4.49. The lowest BCUT2D eigenvalue weighted by molar-refractivity contribution is 0.102. The van der Waals surface area contributed by atoms with Gasteiger partial charge in [-0.15, -0.1) is 0 Å². The molecule has 0 aromatic heterocycles. The van der Waals surface area contributed by atoms with Crippen molar-refractivity contribution >= 4 is 38.9 Å². The predicted octanol–water partition coefficient (Wildman–Crippen LogP) is 7.06. The van der Waals surface area contributed by atoms with E-state index < -0.39 is 0 Å². The number of benzene rings is 4. The molecule has 1 aliphatic rings. The van der Waals surface area contributed by atoms with Gasteiger partial charge in [0.25, 0.3) is 5.91 Å². The van der Waals surface area contributed by atoms with E-state index >= 15 is 0 Å². The van der Waals surface area contributed by atoms with E-state index in [0.29, 0.717) is 5.56 Å². The summed E-state index contributed by atoms with van der Waals surface area (Å²) in [5.41, 5.74) is 5.73. The third-order valence-electron chi connectivity index (χ3n) is 5.71. The highest BCUT2D eigenvalue weighted by Gasteiger charge is 2.29. The van der Waals surface area contributed by atoms with Crippen molar-refractivity contribution in [2.24, 2.45) is 5.10 Å². The summed E-state index contributed by atoms with van der Waals surface area (Å²) in [4.78, 5) is 12.6. The van der Waals surface area contributed by atoms with Crippen LogP contribution in [0.4, 0.5) is 11.4 Å². The molecule has 0 bridgehead atoms. The fourth-order valence-electron chi connectivity index (χ4n) is 4.03. The third-order valence-corrected chi connectivity index (χ3v) is 6.40. The Morgan fingerprint density at radius 3 is 2.15 bits per heavy atom. The van der Waals surface area contributed by atoms with Crippen molar-refractivity contribution < 1.29 is 4.79 Å². The van der Waals surface area contributed by atoms with Crippen LogP contribution in [0.15, 0.2) is 119 Å². The molecule has 33 heavy (non-hydrogen) atoms. The molecule has 0 saturated heterocycles. The summed E-state index contributed by atoms with van der Waals surface area (Å²) < 4.78 is 0.771. The second-order valence-corrected chi connectivity index (χ2v) is 8.72. The van der Waals surface area contributed by atoms with Crippen molar-refractivity contribution in [1.82, 2.24) is 0 Å². The highest BCUT2D eigenvalue weighted by atomic mass is 79.9. The van der Waals surface area contributed by atoms with Gasteiger partial charge in [-0.1, -0.05) is 72.8 Å². The van der Waals surface area contributed by atoms with Crippen molar-refractivity contribution in [2.45, 2.75) is 12.5 Å². The number of hydrogen-bond acceptors (Lipinski definition) is 3. The number of hydrazone groups is 1. The molecule has 0 spiro atoms. The number of amides is 1. The third kappa shape index (κ3) is 4.59. The second kappa shape index (κ2) is 9.43. The van der Waals surface area contributed by atoms with E-state index in [1.807, 2.05) is 66.7 Å². The van der Waals surface area contributed by atoms with Gasteiger partial charge in [0.2, 0.25) is 0 Å². The van der Waals surface area contributed by atoms with E-state index in [1.165, 1.54) is 5.56 Å². The summed E-state index contributed by atoms with van der Waals surface area (Å²) in [6.07, 6.45) is 0.807. The topological polar surface area (TPSA) is 44.7 Å². The Morgan fingerprint density at radius 1 is 0.818 bits per heavy atom. The molecule has 5 rings (SSSR count). The van der Waals surface area contributed by atoms with Crippen LogP contribution in [0.1, 0.15) is 33.9 Å². The molecule has 0 saturated carbocycles. The number of halogens is 1. The number of hydrogen-bond donors (Lipinski definition) is 1. The molecule has 4 aromatic rings. The normalized spacial score (nSPS) is 15.2. The minimum atomic E-state index is -0.146. The summed E-state index contributed by atoms with van der Waals surface area (Å²) in [5, 5.41) is 10.1. The lowest BCUT2D eigenvalue weighted by atomic mass is 9.98. The van der Waals surface area contributed by atoms with Gasteiger partial charge >= 0.3 is 0 Å². The van der Waals surface area contributed by atoms with Crippen LogP contribution in [-0.4, -0.2) is 11.6 Å². The Hall–Kier alpha value is -3.70. The average Bonchev–Trinajstić information content (AvgIpc) is 3.31. The van der Waals surface area contributed by atoms with Gasteiger partial charge in [-0.2, -0.15) is 5.10 Å². The Bertz CT molecular complexity index is 1290. The van der Waals surface area contributed by atoms with Gasteiger partial charge in [0.05, 0.1) is 23.0 Å². The van der Waals surface area contributed by atoms with Gasteiger partial charge in [0, 0.05) is 16.6 Å². The minimum absolute atomic E-state index is 0.137. The van der Waals surface area contributed by atoms with Crippen LogP contribution in [-0.2, 0) is 0 Å². The summed E-state index contributed by atoms with van der Waals surface area (Å²) in [6.45, 7) is 0. The predicted molar refractivity (Wildman–Crippen MR) is 138 cm³/mol. The second-order valence-electron chi connectivity index (χ2n) is 7.87. The number of rotatable bonds is 5. The van der Waals surface area contributed by atoms with Crippen LogP contribution in [0.3, 0.4) is 0 Å². The smallest absolute Gasteiger partial charge is 0.256 e. The number of anilines is 2. The first-order valence-electron chi connectivity index (χ1n) is 10.8. The van der Waals surface area contributed by atoms with Crippen molar-refractivity contribution in [3.63, 3.8) is 0 Å². The highest BCUT2D eigenvalue weighted by molar-refractivity contribution is 9.10. The standard InChI is InChI=1S/C28H22BrN3O/c29-25-14-8-7-13-24(25)28(33)30-22-17-15-20(16-18-22)26-19-27(21-9-3-1-4-10-21)32(31-26)23-11-5-2-6-12-23/h1-18,27H,19H2,(H,30,33)/t27-/m0/s1. The lowest BCUT2D eigenvalue weighted by Gasteiger charge is -2.23. The molecule has 0 unspecified atom stereocenters. The van der Waals surface area contributed by atoms with Gasteiger partial charge in [-0.05, 0) is 63.5 Å². The van der Waals surface area contributed by atoms with Crippen LogP contribution in [0.25, 0.3) is 0 Å². The highest BCUT2D eigenvalue weighted by Crippen LogP contribution is 2.36. The molecular formula is C28H22BrN3O. The van der Waals surface area contributed by atoms with E-state index in [9.17, 15) is 4.79 Å². The number of carbonyl (C=O) groups is 1.